The van der Waals surface area contributed by atoms with Crippen molar-refractivity contribution < 1.29 is 0 Å². The van der Waals surface area contributed by atoms with Crippen molar-refractivity contribution in [3.8, 4) is 0 Å². The van der Waals surface area contributed by atoms with Crippen molar-refractivity contribution >= 4 is 11.4 Å². The molecule has 1 fully saturated rings. The molecule has 3 rings (SSSR count). The van der Waals surface area contributed by atoms with Crippen LogP contribution in [-0.4, -0.2) is 11.4 Å². The maximum Gasteiger partial charge on any atom is 0.0570 e. The number of hydrogen-bond acceptors (Lipinski definition) is 2. The molecule has 1 heterocycles. The Morgan fingerprint density at radius 2 is 1.68 bits per heavy atom. The van der Waals surface area contributed by atoms with Crippen LogP contribution in [-0.2, 0) is 0 Å². The summed E-state index contributed by atoms with van der Waals surface area (Å²) in [5.41, 5.74) is 5.41. The zero-order valence-electron chi connectivity index (χ0n) is 14.2. The third-order valence-corrected chi connectivity index (χ3v) is 5.15. The lowest BCUT2D eigenvalue weighted by Crippen LogP contribution is -2.29. The Kier molecular flexibility index (Phi) is 4.75. The van der Waals surface area contributed by atoms with E-state index in [-0.39, 0.29) is 0 Å². The third kappa shape index (κ3) is 3.16. The topological polar surface area (TPSA) is 24.7 Å². The lowest BCUT2D eigenvalue weighted by Gasteiger charge is -2.27. The molecule has 0 aromatic heterocycles. The summed E-state index contributed by atoms with van der Waals surface area (Å²) in [6.45, 7) is 6.78. The molecule has 1 aliphatic heterocycles. The summed E-state index contributed by atoms with van der Waals surface area (Å²) >= 11 is 0. The molecule has 2 aliphatic rings. The van der Waals surface area contributed by atoms with Gasteiger partial charge in [-0.05, 0) is 37.7 Å². The van der Waals surface area contributed by atoms with E-state index in [1.54, 1.807) is 0 Å². The number of benzene rings is 1. The van der Waals surface area contributed by atoms with Crippen LogP contribution in [0.5, 0.6) is 0 Å². The van der Waals surface area contributed by atoms with Gasteiger partial charge in [0.2, 0.25) is 0 Å². The molecule has 0 N–H and O–H groups in total. The third-order valence-electron chi connectivity index (χ3n) is 5.15. The van der Waals surface area contributed by atoms with Gasteiger partial charge in [0.1, 0.15) is 0 Å². The molecule has 2 atom stereocenters. The van der Waals surface area contributed by atoms with E-state index in [0.29, 0.717) is 17.8 Å². The normalized spacial score (nSPS) is 23.4. The first-order chi connectivity index (χ1) is 10.7. The van der Waals surface area contributed by atoms with E-state index < -0.39 is 0 Å². The molecular formula is C20H28N2. The Balaban J connectivity index is 1.87. The van der Waals surface area contributed by atoms with Crippen molar-refractivity contribution in [1.82, 2.24) is 0 Å². The summed E-state index contributed by atoms with van der Waals surface area (Å²) < 4.78 is 0. The Morgan fingerprint density at radius 1 is 0.955 bits per heavy atom. The first kappa shape index (κ1) is 15.5. The van der Waals surface area contributed by atoms with E-state index >= 15 is 0 Å². The van der Waals surface area contributed by atoms with E-state index in [0.717, 1.165) is 6.42 Å². The average Bonchev–Trinajstić information content (AvgIpc) is 2.82. The van der Waals surface area contributed by atoms with Crippen molar-refractivity contribution in [2.75, 3.05) is 0 Å². The van der Waals surface area contributed by atoms with Gasteiger partial charge in [0, 0.05) is 17.5 Å². The van der Waals surface area contributed by atoms with Gasteiger partial charge in [-0.15, -0.1) is 0 Å². The summed E-state index contributed by atoms with van der Waals surface area (Å²) in [7, 11) is 0. The smallest absolute Gasteiger partial charge is 0.0570 e. The molecule has 1 aromatic carbocycles. The molecule has 1 aliphatic carbocycles. The molecule has 0 spiro atoms. The Bertz CT molecular complexity index is 566. The van der Waals surface area contributed by atoms with Gasteiger partial charge in [0.15, 0.2) is 0 Å². The van der Waals surface area contributed by atoms with Gasteiger partial charge in [-0.25, -0.2) is 0 Å². The fraction of sp³-hybridized carbons (Fsp3) is 0.600. The fourth-order valence-corrected chi connectivity index (χ4v) is 3.93. The minimum atomic E-state index is 0.409. The predicted octanol–water partition coefficient (Wildman–Crippen LogP) is 5.52. The van der Waals surface area contributed by atoms with Crippen LogP contribution in [0.15, 0.2) is 34.5 Å². The second-order valence-corrected chi connectivity index (χ2v) is 7.25. The van der Waals surface area contributed by atoms with Crippen LogP contribution in [0.3, 0.4) is 0 Å². The molecule has 0 saturated heterocycles. The molecule has 0 amide bonds. The maximum atomic E-state index is 4.69. The SMILES string of the molecule is Cc1ccc(C(C2=NN=C3CCCCCCC32)C(C)C)cc1. The van der Waals surface area contributed by atoms with Crippen LogP contribution in [0.1, 0.15) is 69.4 Å². The molecule has 2 heteroatoms. The number of rotatable bonds is 3. The highest BCUT2D eigenvalue weighted by atomic mass is 15.2. The molecule has 0 bridgehead atoms. The van der Waals surface area contributed by atoms with Crippen LogP contribution in [0.2, 0.25) is 0 Å². The molecular weight excluding hydrogens is 268 g/mol. The zero-order valence-corrected chi connectivity index (χ0v) is 14.2. The fourth-order valence-electron chi connectivity index (χ4n) is 3.93. The van der Waals surface area contributed by atoms with Crippen LogP contribution < -0.4 is 0 Å². The number of nitrogens with zero attached hydrogens (tertiary/aromatic N) is 2. The zero-order chi connectivity index (χ0) is 15.5. The monoisotopic (exact) mass is 296 g/mol. The second kappa shape index (κ2) is 6.76. The summed E-state index contributed by atoms with van der Waals surface area (Å²) in [5.74, 6) is 1.47. The van der Waals surface area contributed by atoms with Gasteiger partial charge in [-0.2, -0.15) is 10.2 Å². The van der Waals surface area contributed by atoms with Gasteiger partial charge in [-0.3, -0.25) is 0 Å². The van der Waals surface area contributed by atoms with Gasteiger partial charge in [0.05, 0.1) is 5.71 Å². The summed E-state index contributed by atoms with van der Waals surface area (Å²) in [6, 6.07) is 9.01. The van der Waals surface area contributed by atoms with Crippen LogP contribution in [0, 0.1) is 18.8 Å². The van der Waals surface area contributed by atoms with E-state index in [9.17, 15) is 0 Å². The highest BCUT2D eigenvalue weighted by Gasteiger charge is 2.34. The van der Waals surface area contributed by atoms with Gasteiger partial charge < -0.3 is 0 Å². The van der Waals surface area contributed by atoms with Gasteiger partial charge in [-0.1, -0.05) is 62.9 Å². The predicted molar refractivity (Wildman–Crippen MR) is 94.8 cm³/mol. The van der Waals surface area contributed by atoms with Crippen LogP contribution in [0.25, 0.3) is 0 Å². The van der Waals surface area contributed by atoms with Crippen molar-refractivity contribution in [3.05, 3.63) is 35.4 Å². The average molecular weight is 296 g/mol. The van der Waals surface area contributed by atoms with Crippen molar-refractivity contribution in [2.24, 2.45) is 22.0 Å². The van der Waals surface area contributed by atoms with Crippen LogP contribution >= 0.6 is 0 Å². The quantitative estimate of drug-likeness (QED) is 0.702. The number of aryl methyl sites for hydroxylation is 1. The van der Waals surface area contributed by atoms with Crippen LogP contribution in [0.4, 0.5) is 0 Å². The molecule has 22 heavy (non-hydrogen) atoms. The number of fused-ring (bicyclic) bond motifs is 1. The molecule has 0 radical (unpaired) electrons. The number of hydrogen-bond donors (Lipinski definition) is 0. The highest BCUT2D eigenvalue weighted by molar-refractivity contribution is 6.12. The van der Waals surface area contributed by atoms with Gasteiger partial charge in [0.25, 0.3) is 0 Å². The second-order valence-electron chi connectivity index (χ2n) is 7.25. The largest absolute Gasteiger partial charge is 0.159 e. The Morgan fingerprint density at radius 3 is 2.41 bits per heavy atom. The van der Waals surface area contributed by atoms with Gasteiger partial charge >= 0.3 is 0 Å². The Labute approximate surface area is 134 Å². The standard InChI is InChI=1S/C20H28N2/c1-14(2)19(16-12-10-15(3)11-13-16)20-17-8-6-4-5-7-9-18(17)21-22-20/h10-14,17,19H,4-9H2,1-3H3. The van der Waals surface area contributed by atoms with E-state index in [2.05, 4.69) is 55.2 Å². The first-order valence-electron chi connectivity index (χ1n) is 8.87. The molecule has 2 nitrogen and oxygen atoms in total. The lowest BCUT2D eigenvalue weighted by molar-refractivity contribution is 0.550. The molecule has 118 valence electrons. The van der Waals surface area contributed by atoms with E-state index in [1.165, 1.54) is 54.7 Å². The van der Waals surface area contributed by atoms with E-state index in [4.69, 9.17) is 0 Å². The van der Waals surface area contributed by atoms with Crippen molar-refractivity contribution in [1.29, 1.82) is 0 Å². The summed E-state index contributed by atoms with van der Waals surface area (Å²) in [5, 5.41) is 9.28. The minimum absolute atomic E-state index is 0.409. The summed E-state index contributed by atoms with van der Waals surface area (Å²) in [6.07, 6.45) is 7.72. The summed E-state index contributed by atoms with van der Waals surface area (Å²) in [4.78, 5) is 0. The van der Waals surface area contributed by atoms with E-state index in [1.807, 2.05) is 0 Å². The first-order valence-corrected chi connectivity index (χ1v) is 8.87. The van der Waals surface area contributed by atoms with Crippen molar-refractivity contribution in [2.45, 2.75) is 65.2 Å². The maximum absolute atomic E-state index is 4.69. The molecule has 1 saturated carbocycles. The van der Waals surface area contributed by atoms with Crippen molar-refractivity contribution in [3.63, 3.8) is 0 Å². The molecule has 1 aromatic rings. The highest BCUT2D eigenvalue weighted by Crippen LogP contribution is 2.36. The lowest BCUT2D eigenvalue weighted by atomic mass is 9.75. The minimum Gasteiger partial charge on any atom is -0.159 e. The molecule has 2 unspecified atom stereocenters. The Hall–Kier alpha value is -1.44.